The Morgan fingerprint density at radius 3 is 1.87 bits per heavy atom. The van der Waals surface area contributed by atoms with Crippen LogP contribution in [0.2, 0.25) is 0 Å². The largest absolute Gasteiger partial charge is 0.370 e. The van der Waals surface area contributed by atoms with Crippen molar-refractivity contribution in [1.29, 1.82) is 0 Å². The van der Waals surface area contributed by atoms with E-state index in [9.17, 15) is 43.2 Å². The molecule has 0 saturated carbocycles. The molecule has 2 aromatic carbocycles. The minimum Gasteiger partial charge on any atom is -0.370 e. The van der Waals surface area contributed by atoms with Crippen LogP contribution in [-0.4, -0.2) is 128 Å². The number of benzene rings is 2. The van der Waals surface area contributed by atoms with E-state index in [4.69, 9.17) is 11.5 Å². The topological polar surface area (TPSA) is 326 Å². The van der Waals surface area contributed by atoms with Crippen LogP contribution in [0.4, 0.5) is 0 Å². The lowest BCUT2D eigenvalue weighted by molar-refractivity contribution is -0.143. The van der Waals surface area contributed by atoms with E-state index < -0.39 is 102 Å². The number of aromatic nitrogens is 3. The number of nitrogens with one attached hydrogen (secondary N) is 8. The van der Waals surface area contributed by atoms with Crippen LogP contribution in [-0.2, 0) is 62.4 Å². The van der Waals surface area contributed by atoms with Gasteiger partial charge in [-0.3, -0.25) is 43.2 Å². The number of imidazole rings is 1. The molecule has 8 amide bonds. The highest BCUT2D eigenvalue weighted by Gasteiger charge is 2.36. The fourth-order valence-electron chi connectivity index (χ4n) is 7.74. The van der Waals surface area contributed by atoms with Gasteiger partial charge in [0, 0.05) is 55.3 Å². The standard InChI is InChI=1S/C50H70N12O9/c1-27(2)20-39(31(7)63)58-49(70)41(23-34-25-53-26-55-34)59-45(66)30(6)62(8)50(71)43(28(3)4)61-44(65)29(5)56-48(69)40(22-33-24-54-37-17-13-12-16-35(33)37)60-47(68)38(18-19-42(52)64)57-46(67)36(51)21-32-14-10-9-11-15-32/h9-17,24-30,36,38-41,43,54H,18-23,51H2,1-8H3,(H2,52,64)(H,53,55)(H,56,69)(H,57,67)(H,58,70)(H,59,66)(H,60,68)(H,61,65)/t29-,30+,36+,38-,39-,40-,41-,43-/m0/s1. The smallest absolute Gasteiger partial charge is 0.245 e. The molecule has 0 bridgehead atoms. The molecule has 21 heteroatoms. The van der Waals surface area contributed by atoms with Crippen LogP contribution in [0.15, 0.2) is 73.3 Å². The van der Waals surface area contributed by atoms with E-state index in [2.05, 4.69) is 46.9 Å². The fraction of sp³-hybridized carbons (Fsp3) is 0.480. The Hall–Kier alpha value is -7.42. The van der Waals surface area contributed by atoms with Crippen LogP contribution in [0.5, 0.6) is 0 Å². The average Bonchev–Trinajstić information content (AvgIpc) is 4.00. The molecule has 8 atom stereocenters. The molecule has 71 heavy (non-hydrogen) atoms. The average molecular weight is 983 g/mol. The maximum absolute atomic E-state index is 14.2. The third-order valence-corrected chi connectivity index (χ3v) is 12.1. The van der Waals surface area contributed by atoms with Crippen LogP contribution < -0.4 is 43.4 Å². The number of hydrogen-bond donors (Lipinski definition) is 10. The van der Waals surface area contributed by atoms with Crippen LogP contribution >= 0.6 is 0 Å². The van der Waals surface area contributed by atoms with Crippen LogP contribution in [0.1, 0.15) is 84.5 Å². The Morgan fingerprint density at radius 2 is 1.25 bits per heavy atom. The van der Waals surface area contributed by atoms with Gasteiger partial charge in [-0.15, -0.1) is 0 Å². The van der Waals surface area contributed by atoms with Crippen molar-refractivity contribution in [3.05, 3.63) is 90.1 Å². The van der Waals surface area contributed by atoms with Gasteiger partial charge in [0.1, 0.15) is 36.3 Å². The molecule has 21 nitrogen and oxygen atoms in total. The summed E-state index contributed by atoms with van der Waals surface area (Å²) in [7, 11) is 1.38. The summed E-state index contributed by atoms with van der Waals surface area (Å²) in [5.41, 5.74) is 14.4. The third kappa shape index (κ3) is 16.9. The van der Waals surface area contributed by atoms with Gasteiger partial charge < -0.3 is 58.2 Å². The maximum Gasteiger partial charge on any atom is 0.245 e. The summed E-state index contributed by atoms with van der Waals surface area (Å²) >= 11 is 0. The number of aromatic amines is 2. The van der Waals surface area contributed by atoms with Gasteiger partial charge in [0.15, 0.2) is 5.78 Å². The van der Waals surface area contributed by atoms with E-state index in [1.807, 2.05) is 44.2 Å². The number of primary amides is 1. The van der Waals surface area contributed by atoms with Gasteiger partial charge in [-0.2, -0.15) is 0 Å². The van der Waals surface area contributed by atoms with E-state index >= 15 is 0 Å². The second-order valence-electron chi connectivity index (χ2n) is 18.7. The highest BCUT2D eigenvalue weighted by Crippen LogP contribution is 2.20. The number of carbonyl (C=O) groups excluding carboxylic acids is 9. The number of rotatable bonds is 27. The number of nitrogens with two attached hydrogens (primary N) is 2. The zero-order valence-corrected chi connectivity index (χ0v) is 41.7. The minimum atomic E-state index is -1.33. The van der Waals surface area contributed by atoms with E-state index in [0.29, 0.717) is 17.7 Å². The molecule has 2 heterocycles. The van der Waals surface area contributed by atoms with Gasteiger partial charge in [0.25, 0.3) is 0 Å². The van der Waals surface area contributed by atoms with Crippen molar-refractivity contribution in [1.82, 2.24) is 51.8 Å². The van der Waals surface area contributed by atoms with Crippen LogP contribution in [0, 0.1) is 11.8 Å². The Balaban J connectivity index is 1.49. The number of fused-ring (bicyclic) bond motifs is 1. The first kappa shape index (κ1) is 56.2. The Morgan fingerprint density at radius 1 is 0.662 bits per heavy atom. The SMILES string of the molecule is CC(=O)[C@H](CC(C)C)NC(=O)[C@H](Cc1cnc[nH]1)NC(=O)[C@@H](C)N(C)C(=O)[C@@H](NC(=O)[C@H](C)NC(=O)[C@H](Cc1c[nH]c2ccccc12)NC(=O)[C@H](CCC(N)=O)NC(=O)[C@H](N)Cc1ccccc1)C(C)C. The highest BCUT2D eigenvalue weighted by atomic mass is 16.2. The van der Waals surface area contributed by atoms with Crippen molar-refractivity contribution >= 4 is 63.9 Å². The Bertz CT molecular complexity index is 2470. The fourth-order valence-corrected chi connectivity index (χ4v) is 7.74. The highest BCUT2D eigenvalue weighted by molar-refractivity contribution is 5.98. The monoisotopic (exact) mass is 983 g/mol. The maximum atomic E-state index is 14.2. The molecule has 12 N–H and O–H groups in total. The van der Waals surface area contributed by atoms with Crippen molar-refractivity contribution in [2.45, 2.75) is 135 Å². The van der Waals surface area contributed by atoms with Gasteiger partial charge in [0.2, 0.25) is 47.3 Å². The Labute approximate surface area is 413 Å². The first-order valence-electron chi connectivity index (χ1n) is 23.7. The van der Waals surface area contributed by atoms with Crippen molar-refractivity contribution in [2.75, 3.05) is 7.05 Å². The lowest BCUT2D eigenvalue weighted by Crippen LogP contribution is -2.60. The lowest BCUT2D eigenvalue weighted by atomic mass is 10.00. The number of Topliss-reactive ketones (excluding diaryl/α,β-unsaturated/α-hetero) is 1. The first-order valence-corrected chi connectivity index (χ1v) is 23.7. The molecular formula is C50H70N12O9. The summed E-state index contributed by atoms with van der Waals surface area (Å²) in [6.07, 6.45) is 4.61. The molecule has 384 valence electrons. The molecule has 0 radical (unpaired) electrons. The normalized spacial score (nSPS) is 14.7. The number of nitrogens with zero attached hydrogens (tertiary/aromatic N) is 2. The predicted octanol–water partition coefficient (Wildman–Crippen LogP) is 0.578. The number of hydrogen-bond acceptors (Lipinski definition) is 11. The molecule has 2 aromatic heterocycles. The molecule has 0 saturated heterocycles. The zero-order valence-electron chi connectivity index (χ0n) is 41.7. The lowest BCUT2D eigenvalue weighted by Gasteiger charge is -2.32. The molecular weight excluding hydrogens is 913 g/mol. The van der Waals surface area contributed by atoms with Crippen molar-refractivity contribution in [2.24, 2.45) is 23.3 Å². The number of likely N-dealkylation sites (N-methyl/N-ethyl adjacent to an activating group) is 1. The molecule has 0 aliphatic heterocycles. The van der Waals surface area contributed by atoms with E-state index in [1.54, 1.807) is 44.3 Å². The molecule has 0 aliphatic rings. The summed E-state index contributed by atoms with van der Waals surface area (Å²) in [5, 5.41) is 16.9. The second-order valence-corrected chi connectivity index (χ2v) is 18.7. The van der Waals surface area contributed by atoms with Crippen molar-refractivity contribution in [3.8, 4) is 0 Å². The van der Waals surface area contributed by atoms with E-state index in [-0.39, 0.29) is 43.8 Å². The molecule has 4 aromatic rings. The second kappa shape index (κ2) is 26.5. The number of para-hydroxylation sites is 1. The van der Waals surface area contributed by atoms with Crippen molar-refractivity contribution < 1.29 is 43.2 Å². The van der Waals surface area contributed by atoms with Crippen molar-refractivity contribution in [3.63, 3.8) is 0 Å². The Kier molecular flexibility index (Phi) is 21.0. The quantitative estimate of drug-likeness (QED) is 0.0394. The molecule has 4 rings (SSSR count). The van der Waals surface area contributed by atoms with E-state index in [1.165, 1.54) is 40.3 Å². The van der Waals surface area contributed by atoms with Gasteiger partial charge in [0.05, 0.1) is 18.4 Å². The number of H-pyrrole nitrogens is 2. The molecule has 0 spiro atoms. The number of ketones is 1. The summed E-state index contributed by atoms with van der Waals surface area (Å²) in [6, 6.07) is 7.05. The van der Waals surface area contributed by atoms with Crippen LogP contribution in [0.3, 0.4) is 0 Å². The van der Waals surface area contributed by atoms with Gasteiger partial charge in [-0.25, -0.2) is 4.98 Å². The van der Waals surface area contributed by atoms with Gasteiger partial charge in [-0.05, 0) is 69.1 Å². The van der Waals surface area contributed by atoms with Crippen LogP contribution in [0.25, 0.3) is 10.9 Å². The van der Waals surface area contributed by atoms with E-state index in [0.717, 1.165) is 21.4 Å². The predicted molar refractivity (Wildman–Crippen MR) is 265 cm³/mol. The molecule has 0 unspecified atom stereocenters. The summed E-state index contributed by atoms with van der Waals surface area (Å²) < 4.78 is 0. The number of carbonyl (C=O) groups is 9. The zero-order chi connectivity index (χ0) is 52.5. The number of amides is 8. The summed E-state index contributed by atoms with van der Waals surface area (Å²) in [6.45, 7) is 11.4. The summed E-state index contributed by atoms with van der Waals surface area (Å²) in [5.74, 6) is -6.34. The summed E-state index contributed by atoms with van der Waals surface area (Å²) in [4.78, 5) is 132. The first-order chi connectivity index (χ1) is 33.6. The van der Waals surface area contributed by atoms with Gasteiger partial charge in [-0.1, -0.05) is 76.2 Å². The van der Waals surface area contributed by atoms with Gasteiger partial charge >= 0.3 is 0 Å². The molecule has 0 fully saturated rings. The third-order valence-electron chi connectivity index (χ3n) is 12.1. The minimum absolute atomic E-state index is 0.00516. The molecule has 0 aliphatic carbocycles.